The maximum atomic E-state index is 10.9. The zero-order valence-corrected chi connectivity index (χ0v) is 12.8. The first-order valence-corrected chi connectivity index (χ1v) is 6.58. The summed E-state index contributed by atoms with van der Waals surface area (Å²) in [5, 5.41) is 0.573. The third-order valence-corrected chi connectivity index (χ3v) is 3.96. The van der Waals surface area contributed by atoms with Crippen LogP contribution in [0.4, 0.5) is 4.79 Å². The van der Waals surface area contributed by atoms with Crippen molar-refractivity contribution in [3.05, 3.63) is 26.7 Å². The Morgan fingerprint density at radius 3 is 2.67 bits per heavy atom. The van der Waals surface area contributed by atoms with E-state index in [1.54, 1.807) is 13.2 Å². The number of benzene rings is 1. The molecule has 1 atom stereocenters. The molecule has 0 spiro atoms. The van der Waals surface area contributed by atoms with Gasteiger partial charge in [-0.25, -0.2) is 4.79 Å². The maximum Gasteiger partial charge on any atom is 0.405 e. The Morgan fingerprint density at radius 2 is 2.22 bits per heavy atom. The number of halogens is 2. The molecule has 100 valence electrons. The van der Waals surface area contributed by atoms with Crippen LogP contribution in [0.3, 0.4) is 0 Å². The predicted octanol–water partition coefficient (Wildman–Crippen LogP) is 3.97. The first-order chi connectivity index (χ1) is 8.42. The van der Waals surface area contributed by atoms with Crippen molar-refractivity contribution in [3.63, 3.8) is 0 Å². The number of carbonyl (C=O) groups is 1. The number of ether oxygens (including phenoxy) is 2. The number of nitrogens with two attached hydrogens (primary N) is 1. The van der Waals surface area contributed by atoms with Crippen molar-refractivity contribution < 1.29 is 14.3 Å². The SMILES string of the molecule is CCC(OC(N)=O)c1cc(Cl)c(C)c(Br)c1OC. The fraction of sp³-hybridized carbons (Fsp3) is 0.417. The summed E-state index contributed by atoms with van der Waals surface area (Å²) in [5.74, 6) is 0.602. The van der Waals surface area contributed by atoms with E-state index in [2.05, 4.69) is 15.9 Å². The standard InChI is InChI=1S/C12H15BrClNO3/c1-4-9(18-12(15)16)7-5-8(14)6(2)10(13)11(7)17-3/h5,9H,4H2,1-3H3,(H2,15,16). The minimum atomic E-state index is -0.822. The number of rotatable bonds is 4. The summed E-state index contributed by atoms with van der Waals surface area (Å²) in [6, 6.07) is 1.73. The van der Waals surface area contributed by atoms with Gasteiger partial charge in [0.1, 0.15) is 11.9 Å². The van der Waals surface area contributed by atoms with Gasteiger partial charge in [0.05, 0.1) is 11.6 Å². The quantitative estimate of drug-likeness (QED) is 0.905. The van der Waals surface area contributed by atoms with Crippen molar-refractivity contribution in [2.75, 3.05) is 7.11 Å². The molecule has 0 aromatic heterocycles. The molecule has 0 saturated heterocycles. The maximum absolute atomic E-state index is 10.9. The highest BCUT2D eigenvalue weighted by Gasteiger charge is 2.22. The molecular weight excluding hydrogens is 321 g/mol. The minimum absolute atomic E-state index is 0.480. The van der Waals surface area contributed by atoms with Crippen LogP contribution in [0.5, 0.6) is 5.75 Å². The lowest BCUT2D eigenvalue weighted by atomic mass is 10.0. The highest BCUT2D eigenvalue weighted by molar-refractivity contribution is 9.10. The highest BCUT2D eigenvalue weighted by atomic mass is 79.9. The zero-order valence-electron chi connectivity index (χ0n) is 10.4. The third kappa shape index (κ3) is 3.09. The zero-order chi connectivity index (χ0) is 13.9. The van der Waals surface area contributed by atoms with Crippen molar-refractivity contribution in [1.82, 2.24) is 0 Å². The Morgan fingerprint density at radius 1 is 1.61 bits per heavy atom. The number of primary amides is 1. The van der Waals surface area contributed by atoms with Gasteiger partial charge in [0, 0.05) is 10.6 Å². The van der Waals surface area contributed by atoms with Crippen molar-refractivity contribution in [2.24, 2.45) is 5.73 Å². The normalized spacial score (nSPS) is 12.1. The molecule has 4 nitrogen and oxygen atoms in total. The Bertz CT molecular complexity index is 465. The Hall–Kier alpha value is -0.940. The van der Waals surface area contributed by atoms with E-state index in [4.69, 9.17) is 26.8 Å². The van der Waals surface area contributed by atoms with Gasteiger partial charge in [-0.15, -0.1) is 0 Å². The first kappa shape index (κ1) is 15.1. The van der Waals surface area contributed by atoms with Crippen molar-refractivity contribution in [2.45, 2.75) is 26.4 Å². The summed E-state index contributed by atoms with van der Waals surface area (Å²) in [4.78, 5) is 10.9. The van der Waals surface area contributed by atoms with Gasteiger partial charge >= 0.3 is 6.09 Å². The number of hydrogen-bond donors (Lipinski definition) is 1. The lowest BCUT2D eigenvalue weighted by Gasteiger charge is -2.20. The molecule has 1 unspecified atom stereocenters. The topological polar surface area (TPSA) is 61.5 Å². The van der Waals surface area contributed by atoms with Gasteiger partial charge < -0.3 is 15.2 Å². The average Bonchev–Trinajstić information content (AvgIpc) is 2.32. The summed E-state index contributed by atoms with van der Waals surface area (Å²) >= 11 is 9.55. The molecule has 0 saturated carbocycles. The van der Waals surface area contributed by atoms with Gasteiger partial charge in [-0.3, -0.25) is 0 Å². The number of amides is 1. The fourth-order valence-corrected chi connectivity index (χ4v) is 2.60. The Kier molecular flexibility index (Phi) is 5.28. The lowest BCUT2D eigenvalue weighted by Crippen LogP contribution is -2.17. The summed E-state index contributed by atoms with van der Waals surface area (Å²) in [7, 11) is 1.55. The second kappa shape index (κ2) is 6.29. The Balaban J connectivity index is 3.33. The van der Waals surface area contributed by atoms with E-state index >= 15 is 0 Å². The molecule has 0 bridgehead atoms. The molecule has 1 aromatic rings. The largest absolute Gasteiger partial charge is 0.495 e. The second-order valence-electron chi connectivity index (χ2n) is 3.75. The van der Waals surface area contributed by atoms with Crippen molar-refractivity contribution >= 4 is 33.6 Å². The van der Waals surface area contributed by atoms with Gasteiger partial charge in [-0.1, -0.05) is 18.5 Å². The molecule has 1 aromatic carbocycles. The van der Waals surface area contributed by atoms with Crippen LogP contribution in [-0.2, 0) is 4.74 Å². The van der Waals surface area contributed by atoms with Gasteiger partial charge in [-0.2, -0.15) is 0 Å². The molecule has 0 aliphatic heterocycles. The van der Waals surface area contributed by atoms with E-state index in [0.717, 1.165) is 10.0 Å². The van der Waals surface area contributed by atoms with Crippen LogP contribution in [0.1, 0.15) is 30.6 Å². The predicted molar refractivity (Wildman–Crippen MR) is 74.1 cm³/mol. The number of hydrogen-bond acceptors (Lipinski definition) is 3. The highest BCUT2D eigenvalue weighted by Crippen LogP contribution is 2.41. The van der Waals surface area contributed by atoms with E-state index in [1.807, 2.05) is 13.8 Å². The first-order valence-electron chi connectivity index (χ1n) is 5.40. The van der Waals surface area contributed by atoms with Crippen LogP contribution >= 0.6 is 27.5 Å². The van der Waals surface area contributed by atoms with Crippen LogP contribution in [0, 0.1) is 6.92 Å². The molecule has 0 fully saturated rings. The molecule has 0 heterocycles. The van der Waals surface area contributed by atoms with E-state index in [-0.39, 0.29) is 0 Å². The van der Waals surface area contributed by atoms with E-state index in [1.165, 1.54) is 0 Å². The second-order valence-corrected chi connectivity index (χ2v) is 4.95. The van der Waals surface area contributed by atoms with Gasteiger partial charge in [0.25, 0.3) is 0 Å². The monoisotopic (exact) mass is 335 g/mol. The van der Waals surface area contributed by atoms with Crippen LogP contribution in [0.2, 0.25) is 5.02 Å². The van der Waals surface area contributed by atoms with Gasteiger partial charge in [0.15, 0.2) is 0 Å². The summed E-state index contributed by atoms with van der Waals surface area (Å²) in [5.41, 5.74) is 6.62. The third-order valence-electron chi connectivity index (χ3n) is 2.61. The molecule has 1 amide bonds. The van der Waals surface area contributed by atoms with Crippen molar-refractivity contribution in [3.8, 4) is 5.75 Å². The molecule has 2 N–H and O–H groups in total. The van der Waals surface area contributed by atoms with Crippen LogP contribution in [-0.4, -0.2) is 13.2 Å². The molecular formula is C12H15BrClNO3. The fourth-order valence-electron chi connectivity index (χ4n) is 1.67. The Labute approximate surface area is 120 Å². The smallest absolute Gasteiger partial charge is 0.405 e. The van der Waals surface area contributed by atoms with E-state index < -0.39 is 12.2 Å². The number of carbonyl (C=O) groups excluding carboxylic acids is 1. The van der Waals surface area contributed by atoms with E-state index in [0.29, 0.717) is 22.8 Å². The molecule has 0 aliphatic rings. The summed E-state index contributed by atoms with van der Waals surface area (Å²) in [6.45, 7) is 3.75. The molecule has 0 aliphatic carbocycles. The van der Waals surface area contributed by atoms with Crippen LogP contribution in [0.25, 0.3) is 0 Å². The molecule has 1 rings (SSSR count). The summed E-state index contributed by atoms with van der Waals surface area (Å²) < 4.78 is 11.1. The minimum Gasteiger partial charge on any atom is -0.495 e. The number of methoxy groups -OCH3 is 1. The molecule has 6 heteroatoms. The van der Waals surface area contributed by atoms with Gasteiger partial charge in [0.2, 0.25) is 0 Å². The van der Waals surface area contributed by atoms with Crippen molar-refractivity contribution in [1.29, 1.82) is 0 Å². The van der Waals surface area contributed by atoms with E-state index in [9.17, 15) is 4.79 Å². The van der Waals surface area contributed by atoms with Gasteiger partial charge in [-0.05, 0) is 40.9 Å². The molecule has 0 radical (unpaired) electrons. The lowest BCUT2D eigenvalue weighted by molar-refractivity contribution is 0.102. The average molecular weight is 337 g/mol. The molecule has 18 heavy (non-hydrogen) atoms. The van der Waals surface area contributed by atoms with Crippen LogP contribution in [0.15, 0.2) is 10.5 Å². The van der Waals surface area contributed by atoms with Crippen LogP contribution < -0.4 is 10.5 Å². The summed E-state index contributed by atoms with van der Waals surface area (Å²) in [6.07, 6.45) is -0.728.